The van der Waals surface area contributed by atoms with Crippen LogP contribution in [-0.2, 0) is 0 Å². The summed E-state index contributed by atoms with van der Waals surface area (Å²) in [6, 6.07) is 20.1. The van der Waals surface area contributed by atoms with Crippen molar-refractivity contribution in [3.8, 4) is 16.9 Å². The van der Waals surface area contributed by atoms with Crippen LogP contribution in [0.1, 0.15) is 47.8 Å². The van der Waals surface area contributed by atoms with Crippen LogP contribution >= 0.6 is 0 Å². The third-order valence-electron chi connectivity index (χ3n) is 5.79. The molecular weight excluding hydrogens is 456 g/mol. The fourth-order valence-corrected chi connectivity index (χ4v) is 4.05. The maximum absolute atomic E-state index is 13.1. The van der Waals surface area contributed by atoms with Crippen molar-refractivity contribution in [2.45, 2.75) is 33.1 Å². The van der Waals surface area contributed by atoms with Crippen LogP contribution in [0.4, 0.5) is 5.69 Å². The molecule has 4 aromatic rings. The first-order valence-electron chi connectivity index (χ1n) is 11.9. The van der Waals surface area contributed by atoms with E-state index >= 15 is 0 Å². The highest BCUT2D eigenvalue weighted by Gasteiger charge is 2.24. The van der Waals surface area contributed by atoms with Crippen molar-refractivity contribution in [1.29, 1.82) is 0 Å². The molecule has 3 aromatic carbocycles. The van der Waals surface area contributed by atoms with Gasteiger partial charge in [-0.2, -0.15) is 5.10 Å². The van der Waals surface area contributed by atoms with E-state index < -0.39 is 10.8 Å². The number of aromatic amines is 1. The molecule has 1 heterocycles. The minimum atomic E-state index is -0.496. The second kappa shape index (κ2) is 11.3. The number of H-pyrrole nitrogens is 1. The number of aryl methyl sites for hydroxylation is 1. The Labute approximate surface area is 209 Å². The maximum atomic E-state index is 13.1. The van der Waals surface area contributed by atoms with Crippen LogP contribution in [0.5, 0.6) is 5.75 Å². The largest absolute Gasteiger partial charge is 0.494 e. The molecule has 1 amide bonds. The Kier molecular flexibility index (Phi) is 7.75. The van der Waals surface area contributed by atoms with Crippen LogP contribution in [0.2, 0.25) is 0 Å². The Hall–Kier alpha value is -4.46. The second-order valence-electron chi connectivity index (χ2n) is 8.53. The zero-order chi connectivity index (χ0) is 25.5. The monoisotopic (exact) mass is 484 g/mol. The lowest BCUT2D eigenvalue weighted by Gasteiger charge is -2.06. The molecule has 8 heteroatoms. The summed E-state index contributed by atoms with van der Waals surface area (Å²) in [4.78, 5) is 27.4. The highest BCUT2D eigenvalue weighted by atomic mass is 16.6. The van der Waals surface area contributed by atoms with Gasteiger partial charge in [-0.05, 0) is 60.4 Å². The SMILES string of the molecule is CCCCCOc1ccc(C=NNC(=O)c2[nH]c3c([N+](=O)[O-])cc(C)cc3c2-c2ccccc2)cc1. The number of ether oxygens (including phenoxy) is 1. The average molecular weight is 485 g/mol. The number of aromatic nitrogens is 1. The number of fused-ring (bicyclic) bond motifs is 1. The number of nitrogens with one attached hydrogen (secondary N) is 2. The van der Waals surface area contributed by atoms with Crippen molar-refractivity contribution >= 4 is 28.7 Å². The number of carbonyl (C=O) groups is 1. The molecule has 0 fully saturated rings. The van der Waals surface area contributed by atoms with Gasteiger partial charge in [-0.3, -0.25) is 14.9 Å². The Morgan fingerprint density at radius 3 is 2.56 bits per heavy atom. The lowest BCUT2D eigenvalue weighted by atomic mass is 10.00. The lowest BCUT2D eigenvalue weighted by molar-refractivity contribution is -0.383. The van der Waals surface area contributed by atoms with Crippen molar-refractivity contribution < 1.29 is 14.5 Å². The van der Waals surface area contributed by atoms with Crippen LogP contribution in [-0.4, -0.2) is 28.6 Å². The number of unbranched alkanes of at least 4 members (excludes halogenated alkanes) is 2. The molecule has 0 aliphatic heterocycles. The predicted molar refractivity (Wildman–Crippen MR) is 142 cm³/mol. The van der Waals surface area contributed by atoms with E-state index in [9.17, 15) is 14.9 Å². The molecule has 1 aromatic heterocycles. The van der Waals surface area contributed by atoms with E-state index in [1.54, 1.807) is 6.92 Å². The first-order valence-corrected chi connectivity index (χ1v) is 11.9. The van der Waals surface area contributed by atoms with Crippen molar-refractivity contribution in [2.75, 3.05) is 6.61 Å². The molecule has 0 saturated heterocycles. The van der Waals surface area contributed by atoms with Gasteiger partial charge in [0.2, 0.25) is 0 Å². The first-order chi connectivity index (χ1) is 17.5. The number of carbonyl (C=O) groups excluding carboxylic acids is 1. The number of nitro benzene ring substituents is 1. The van der Waals surface area contributed by atoms with Gasteiger partial charge >= 0.3 is 0 Å². The van der Waals surface area contributed by atoms with Gasteiger partial charge < -0.3 is 9.72 Å². The van der Waals surface area contributed by atoms with Gasteiger partial charge in [0.15, 0.2) is 0 Å². The topological polar surface area (TPSA) is 110 Å². The van der Waals surface area contributed by atoms with E-state index in [4.69, 9.17) is 4.74 Å². The van der Waals surface area contributed by atoms with Crippen LogP contribution < -0.4 is 10.2 Å². The van der Waals surface area contributed by atoms with Crippen LogP contribution in [0, 0.1) is 17.0 Å². The van der Waals surface area contributed by atoms with Gasteiger partial charge in [0.05, 0.1) is 17.7 Å². The molecule has 8 nitrogen and oxygen atoms in total. The van der Waals surface area contributed by atoms with E-state index in [0.29, 0.717) is 23.1 Å². The van der Waals surface area contributed by atoms with Crippen molar-refractivity contribution in [2.24, 2.45) is 5.10 Å². The van der Waals surface area contributed by atoms with E-state index in [-0.39, 0.29) is 11.4 Å². The van der Waals surface area contributed by atoms with Gasteiger partial charge in [0, 0.05) is 17.0 Å². The molecule has 36 heavy (non-hydrogen) atoms. The Morgan fingerprint density at radius 1 is 1.11 bits per heavy atom. The molecular formula is C28H28N4O4. The fourth-order valence-electron chi connectivity index (χ4n) is 4.05. The Bertz CT molecular complexity index is 1390. The summed E-state index contributed by atoms with van der Waals surface area (Å²) in [6.45, 7) is 4.63. The second-order valence-corrected chi connectivity index (χ2v) is 8.53. The zero-order valence-electron chi connectivity index (χ0n) is 20.3. The number of amides is 1. The number of nitrogens with zero attached hydrogens (tertiary/aromatic N) is 2. The maximum Gasteiger partial charge on any atom is 0.293 e. The number of rotatable bonds is 10. The lowest BCUT2D eigenvalue weighted by Crippen LogP contribution is -2.18. The molecule has 0 bridgehead atoms. The molecule has 0 saturated carbocycles. The smallest absolute Gasteiger partial charge is 0.293 e. The summed E-state index contributed by atoms with van der Waals surface area (Å²) in [5, 5.41) is 16.4. The number of non-ortho nitro benzene ring substituents is 1. The third kappa shape index (κ3) is 5.60. The van der Waals surface area contributed by atoms with Crippen LogP contribution in [0.3, 0.4) is 0 Å². The molecule has 2 N–H and O–H groups in total. The Balaban J connectivity index is 1.57. The molecule has 0 radical (unpaired) electrons. The van der Waals surface area contributed by atoms with E-state index in [1.807, 2.05) is 60.7 Å². The van der Waals surface area contributed by atoms with Crippen molar-refractivity contribution in [1.82, 2.24) is 10.4 Å². The zero-order valence-corrected chi connectivity index (χ0v) is 20.3. The van der Waals surface area contributed by atoms with Gasteiger partial charge in [0.25, 0.3) is 11.6 Å². The van der Waals surface area contributed by atoms with Crippen LogP contribution in [0.25, 0.3) is 22.0 Å². The first kappa shape index (κ1) is 24.7. The molecule has 0 aliphatic rings. The van der Waals surface area contributed by atoms with E-state index in [1.165, 1.54) is 12.3 Å². The quantitative estimate of drug-likeness (QED) is 0.118. The van der Waals surface area contributed by atoms with Gasteiger partial charge in [-0.1, -0.05) is 50.1 Å². The number of hydrogen-bond donors (Lipinski definition) is 2. The fraction of sp³-hybridized carbons (Fsp3) is 0.214. The molecule has 184 valence electrons. The number of hydrazone groups is 1. The summed E-state index contributed by atoms with van der Waals surface area (Å²) in [6.07, 6.45) is 4.84. The summed E-state index contributed by atoms with van der Waals surface area (Å²) in [7, 11) is 0. The average Bonchev–Trinajstić information content (AvgIpc) is 3.26. The van der Waals surface area contributed by atoms with E-state index in [2.05, 4.69) is 22.4 Å². The minimum absolute atomic E-state index is 0.0817. The van der Waals surface area contributed by atoms with Gasteiger partial charge in [0.1, 0.15) is 17.0 Å². The summed E-state index contributed by atoms with van der Waals surface area (Å²) >= 11 is 0. The number of benzene rings is 3. The third-order valence-corrected chi connectivity index (χ3v) is 5.79. The minimum Gasteiger partial charge on any atom is -0.494 e. The summed E-state index contributed by atoms with van der Waals surface area (Å²) < 4.78 is 5.72. The van der Waals surface area contributed by atoms with Gasteiger partial charge in [-0.25, -0.2) is 5.43 Å². The number of hydrogen-bond acceptors (Lipinski definition) is 5. The van der Waals surface area contributed by atoms with Gasteiger partial charge in [-0.15, -0.1) is 0 Å². The molecule has 0 atom stereocenters. The predicted octanol–water partition coefficient (Wildman–Crippen LogP) is 6.38. The van der Waals surface area contributed by atoms with Crippen molar-refractivity contribution in [3.05, 3.63) is 93.7 Å². The molecule has 4 rings (SSSR count). The highest BCUT2D eigenvalue weighted by molar-refractivity contribution is 6.11. The standard InChI is InChI=1S/C28H28N4O4/c1-3-4-8-15-36-22-13-11-20(12-14-22)18-29-31-28(33)27-25(21-9-6-5-7-10-21)23-16-19(2)17-24(32(34)35)26(23)30-27/h5-7,9-14,16-18,30H,3-4,8,15H2,1-2H3,(H,31,33). The summed E-state index contributed by atoms with van der Waals surface area (Å²) in [5.74, 6) is 0.291. The molecule has 0 spiro atoms. The summed E-state index contributed by atoms with van der Waals surface area (Å²) in [5.41, 5.74) is 5.85. The van der Waals surface area contributed by atoms with E-state index in [0.717, 1.165) is 41.7 Å². The molecule has 0 aliphatic carbocycles. The normalized spacial score (nSPS) is 11.2. The van der Waals surface area contributed by atoms with Crippen molar-refractivity contribution in [3.63, 3.8) is 0 Å². The Morgan fingerprint density at radius 2 is 1.86 bits per heavy atom. The molecule has 0 unspecified atom stereocenters. The number of nitro groups is 1. The van der Waals surface area contributed by atoms with Crippen LogP contribution in [0.15, 0.2) is 71.8 Å². The highest BCUT2D eigenvalue weighted by Crippen LogP contribution is 2.37.